The maximum absolute atomic E-state index is 11.8. The molecule has 0 aliphatic carbocycles. The zero-order chi connectivity index (χ0) is 13.8. The fraction of sp³-hybridized carbons (Fsp3) is 0.0909. The monoisotopic (exact) mass is 279 g/mol. The molecule has 3 N–H and O–H groups in total. The number of nitrogens with one attached hydrogen (secondary N) is 1. The summed E-state index contributed by atoms with van der Waals surface area (Å²) < 4.78 is 1.32. The van der Waals surface area contributed by atoms with Gasteiger partial charge < -0.3 is 11.1 Å². The Morgan fingerprint density at radius 2 is 2.21 bits per heavy atom. The predicted molar refractivity (Wildman–Crippen MR) is 68.6 cm³/mol. The number of hydrogen-bond donors (Lipinski definition) is 2. The number of halogens is 1. The zero-order valence-electron chi connectivity index (χ0n) is 9.71. The van der Waals surface area contributed by atoms with Crippen LogP contribution < -0.4 is 11.1 Å². The van der Waals surface area contributed by atoms with Crippen LogP contribution in [0.25, 0.3) is 0 Å². The molecular formula is C11H10ClN5O2. The number of carbonyl (C=O) groups is 2. The molecule has 2 heterocycles. The number of carbonyl (C=O) groups excluding carboxylic acids is 2. The molecule has 0 saturated heterocycles. The van der Waals surface area contributed by atoms with Crippen molar-refractivity contribution in [1.29, 1.82) is 0 Å². The van der Waals surface area contributed by atoms with Crippen molar-refractivity contribution in [2.75, 3.05) is 5.32 Å². The zero-order valence-corrected chi connectivity index (χ0v) is 10.5. The number of pyridine rings is 1. The molecule has 0 radical (unpaired) electrons. The lowest BCUT2D eigenvalue weighted by Gasteiger charge is -2.01. The Balaban J connectivity index is 2.06. The van der Waals surface area contributed by atoms with Gasteiger partial charge in [0.15, 0.2) is 0 Å². The summed E-state index contributed by atoms with van der Waals surface area (Å²) in [5, 5.41) is 6.69. The van der Waals surface area contributed by atoms with Crippen LogP contribution in [0.2, 0.25) is 5.15 Å². The summed E-state index contributed by atoms with van der Waals surface area (Å²) in [5.74, 6) is -0.932. The molecule has 2 amide bonds. The molecule has 0 bridgehead atoms. The highest BCUT2D eigenvalue weighted by atomic mass is 35.5. The van der Waals surface area contributed by atoms with Gasteiger partial charge in [-0.05, 0) is 12.1 Å². The molecule has 0 aliphatic heterocycles. The van der Waals surface area contributed by atoms with Gasteiger partial charge in [0.2, 0.25) is 5.91 Å². The number of nitrogens with two attached hydrogens (primary N) is 1. The van der Waals surface area contributed by atoms with Crippen LogP contribution in [0.1, 0.15) is 10.5 Å². The minimum atomic E-state index is -0.516. The predicted octanol–water partition coefficient (Wildman–Crippen LogP) is 0.669. The first kappa shape index (κ1) is 13.0. The second kappa shape index (κ2) is 5.49. The molecule has 0 spiro atoms. The molecule has 2 aromatic heterocycles. The van der Waals surface area contributed by atoms with E-state index >= 15 is 0 Å². The average molecular weight is 280 g/mol. The second-order valence-electron chi connectivity index (χ2n) is 3.69. The van der Waals surface area contributed by atoms with Gasteiger partial charge in [-0.2, -0.15) is 5.10 Å². The lowest BCUT2D eigenvalue weighted by molar-refractivity contribution is -0.118. The molecule has 8 heteroatoms. The van der Waals surface area contributed by atoms with Crippen LogP contribution in [0.3, 0.4) is 0 Å². The van der Waals surface area contributed by atoms with E-state index < -0.39 is 11.8 Å². The highest BCUT2D eigenvalue weighted by Gasteiger charge is 2.09. The van der Waals surface area contributed by atoms with Crippen molar-refractivity contribution in [3.8, 4) is 0 Å². The first-order chi connectivity index (χ1) is 9.04. The Labute approximate surface area is 113 Å². The van der Waals surface area contributed by atoms with Crippen LogP contribution >= 0.6 is 11.6 Å². The van der Waals surface area contributed by atoms with E-state index in [1.54, 1.807) is 12.1 Å². The molecule has 0 aromatic carbocycles. The van der Waals surface area contributed by atoms with Crippen molar-refractivity contribution in [3.63, 3.8) is 0 Å². The Bertz CT molecular complexity index is 625. The van der Waals surface area contributed by atoms with Gasteiger partial charge in [0.25, 0.3) is 5.91 Å². The van der Waals surface area contributed by atoms with Gasteiger partial charge in [0.1, 0.15) is 17.4 Å². The van der Waals surface area contributed by atoms with Crippen molar-refractivity contribution < 1.29 is 9.59 Å². The minimum absolute atomic E-state index is 0.0503. The highest BCUT2D eigenvalue weighted by molar-refractivity contribution is 6.29. The number of anilines is 1. The lowest BCUT2D eigenvalue weighted by atomic mass is 10.3. The molecule has 0 unspecified atom stereocenters. The van der Waals surface area contributed by atoms with Crippen LogP contribution in [-0.4, -0.2) is 26.6 Å². The molecule has 98 valence electrons. The minimum Gasteiger partial charge on any atom is -0.368 e. The summed E-state index contributed by atoms with van der Waals surface area (Å²) in [6, 6.07) is 4.74. The summed E-state index contributed by atoms with van der Waals surface area (Å²) in [6.45, 7) is -0.0503. The number of aromatic nitrogens is 3. The number of nitrogens with zero attached hydrogens (tertiary/aromatic N) is 3. The van der Waals surface area contributed by atoms with Crippen LogP contribution in [0.4, 0.5) is 5.69 Å². The van der Waals surface area contributed by atoms with Crippen LogP contribution in [0.5, 0.6) is 0 Å². The first-order valence-electron chi connectivity index (χ1n) is 5.29. The Kier molecular flexibility index (Phi) is 3.76. The van der Waals surface area contributed by atoms with Gasteiger partial charge in [-0.25, -0.2) is 4.98 Å². The topological polar surface area (TPSA) is 103 Å². The third-order valence-electron chi connectivity index (χ3n) is 2.16. The highest BCUT2D eigenvalue weighted by Crippen LogP contribution is 2.09. The van der Waals surface area contributed by atoms with Crippen molar-refractivity contribution in [3.05, 3.63) is 41.4 Å². The van der Waals surface area contributed by atoms with E-state index in [2.05, 4.69) is 15.4 Å². The third-order valence-corrected chi connectivity index (χ3v) is 2.37. The normalized spacial score (nSPS) is 10.2. The van der Waals surface area contributed by atoms with E-state index in [0.29, 0.717) is 5.69 Å². The molecule has 0 saturated carbocycles. The smallest absolute Gasteiger partial charge is 0.274 e. The molecule has 2 aromatic rings. The van der Waals surface area contributed by atoms with Gasteiger partial charge in [-0.1, -0.05) is 17.7 Å². The van der Waals surface area contributed by atoms with E-state index in [-0.39, 0.29) is 17.4 Å². The number of amides is 2. The van der Waals surface area contributed by atoms with E-state index in [0.717, 1.165) is 0 Å². The SMILES string of the molecule is NC(=O)Cn1cc(NC(=O)c2cccc(Cl)n2)cn1. The largest absolute Gasteiger partial charge is 0.368 e. The van der Waals surface area contributed by atoms with Gasteiger partial charge in [-0.15, -0.1) is 0 Å². The molecular weight excluding hydrogens is 270 g/mol. The molecule has 19 heavy (non-hydrogen) atoms. The van der Waals surface area contributed by atoms with Crippen molar-refractivity contribution >= 4 is 29.1 Å². The molecule has 0 fully saturated rings. The number of primary amides is 1. The molecule has 0 aliphatic rings. The van der Waals surface area contributed by atoms with Crippen LogP contribution in [0, 0.1) is 0 Å². The number of rotatable bonds is 4. The Hall–Kier alpha value is -2.41. The van der Waals surface area contributed by atoms with E-state index in [4.69, 9.17) is 17.3 Å². The second-order valence-corrected chi connectivity index (χ2v) is 4.08. The summed E-state index contributed by atoms with van der Waals surface area (Å²) in [4.78, 5) is 26.4. The lowest BCUT2D eigenvalue weighted by Crippen LogP contribution is -2.18. The van der Waals surface area contributed by atoms with E-state index in [1.165, 1.54) is 23.1 Å². The molecule has 2 rings (SSSR count). The van der Waals surface area contributed by atoms with Crippen molar-refractivity contribution in [1.82, 2.24) is 14.8 Å². The maximum atomic E-state index is 11.8. The Morgan fingerprint density at radius 3 is 2.89 bits per heavy atom. The fourth-order valence-electron chi connectivity index (χ4n) is 1.40. The molecule has 7 nitrogen and oxygen atoms in total. The van der Waals surface area contributed by atoms with E-state index in [1.807, 2.05) is 0 Å². The van der Waals surface area contributed by atoms with Gasteiger partial charge in [-0.3, -0.25) is 14.3 Å². The van der Waals surface area contributed by atoms with Crippen LogP contribution in [0.15, 0.2) is 30.6 Å². The average Bonchev–Trinajstić information content (AvgIpc) is 2.75. The summed E-state index contributed by atoms with van der Waals surface area (Å²) in [6.07, 6.45) is 2.90. The van der Waals surface area contributed by atoms with Gasteiger partial charge in [0.05, 0.1) is 11.9 Å². The quantitative estimate of drug-likeness (QED) is 0.803. The van der Waals surface area contributed by atoms with Crippen LogP contribution in [-0.2, 0) is 11.3 Å². The molecule has 0 atom stereocenters. The summed E-state index contributed by atoms with van der Waals surface area (Å²) in [7, 11) is 0. The maximum Gasteiger partial charge on any atom is 0.274 e. The first-order valence-corrected chi connectivity index (χ1v) is 5.67. The third kappa shape index (κ3) is 3.52. The van der Waals surface area contributed by atoms with Gasteiger partial charge in [0, 0.05) is 6.20 Å². The van der Waals surface area contributed by atoms with Crippen molar-refractivity contribution in [2.24, 2.45) is 5.73 Å². The standard InChI is InChI=1S/C11H10ClN5O2/c12-9-3-1-2-8(16-9)11(19)15-7-4-14-17(5-7)6-10(13)18/h1-5H,6H2,(H2,13,18)(H,15,19). The Morgan fingerprint density at radius 1 is 1.42 bits per heavy atom. The number of hydrogen-bond acceptors (Lipinski definition) is 4. The summed E-state index contributed by atoms with van der Waals surface area (Å²) >= 11 is 5.69. The van der Waals surface area contributed by atoms with E-state index in [9.17, 15) is 9.59 Å². The fourth-order valence-corrected chi connectivity index (χ4v) is 1.57. The van der Waals surface area contributed by atoms with Crippen molar-refractivity contribution in [2.45, 2.75) is 6.54 Å². The van der Waals surface area contributed by atoms with Gasteiger partial charge >= 0.3 is 0 Å². The summed E-state index contributed by atoms with van der Waals surface area (Å²) in [5.41, 5.74) is 5.66.